The second kappa shape index (κ2) is 5.93. The molecule has 114 valence electrons. The van der Waals surface area contributed by atoms with Crippen molar-refractivity contribution in [2.75, 3.05) is 12.3 Å². The van der Waals surface area contributed by atoms with Crippen LogP contribution in [0.4, 0.5) is 5.69 Å². The molecule has 21 heavy (non-hydrogen) atoms. The van der Waals surface area contributed by atoms with Crippen LogP contribution in [0.3, 0.4) is 0 Å². The van der Waals surface area contributed by atoms with Crippen molar-refractivity contribution in [3.63, 3.8) is 0 Å². The first-order chi connectivity index (χ1) is 10.1. The average Bonchev–Trinajstić information content (AvgIpc) is 2.73. The van der Waals surface area contributed by atoms with E-state index in [4.69, 9.17) is 10.5 Å². The summed E-state index contributed by atoms with van der Waals surface area (Å²) in [7, 11) is 0. The SMILES string of the molecule is Nc1ccc(OCCC(=O)N2C3CCC2CC(O)C3)cc1. The Morgan fingerprint density at radius 3 is 2.48 bits per heavy atom. The number of carbonyl (C=O) groups excluding carboxylic acids is 1. The Bertz CT molecular complexity index is 489. The highest BCUT2D eigenvalue weighted by molar-refractivity contribution is 5.77. The standard InChI is InChI=1S/C16H22N2O3/c17-11-1-5-15(6-2-11)21-8-7-16(20)18-12-3-4-13(18)10-14(19)9-12/h1-2,5-6,12-14,19H,3-4,7-10,17H2. The van der Waals surface area contributed by atoms with Crippen molar-refractivity contribution < 1.29 is 14.6 Å². The fourth-order valence-electron chi connectivity index (χ4n) is 3.50. The molecule has 2 atom stereocenters. The zero-order valence-corrected chi connectivity index (χ0v) is 12.1. The predicted octanol–water partition coefficient (Wildman–Crippen LogP) is 1.55. The molecular formula is C16H22N2O3. The molecule has 3 N–H and O–H groups in total. The van der Waals surface area contributed by atoms with E-state index in [1.54, 1.807) is 24.3 Å². The van der Waals surface area contributed by atoms with Gasteiger partial charge in [0.15, 0.2) is 0 Å². The molecule has 0 aromatic heterocycles. The number of fused-ring (bicyclic) bond motifs is 2. The van der Waals surface area contributed by atoms with E-state index >= 15 is 0 Å². The Morgan fingerprint density at radius 2 is 1.86 bits per heavy atom. The van der Waals surface area contributed by atoms with Crippen LogP contribution in [0.2, 0.25) is 0 Å². The van der Waals surface area contributed by atoms with Gasteiger partial charge in [-0.25, -0.2) is 0 Å². The maximum atomic E-state index is 12.4. The van der Waals surface area contributed by atoms with Gasteiger partial charge >= 0.3 is 0 Å². The highest BCUT2D eigenvalue weighted by atomic mass is 16.5. The smallest absolute Gasteiger partial charge is 0.226 e. The molecule has 2 heterocycles. The van der Waals surface area contributed by atoms with Gasteiger partial charge in [-0.05, 0) is 49.9 Å². The highest BCUT2D eigenvalue weighted by Crippen LogP contribution is 2.36. The van der Waals surface area contributed by atoms with Gasteiger partial charge in [-0.15, -0.1) is 0 Å². The van der Waals surface area contributed by atoms with Crippen LogP contribution in [0.25, 0.3) is 0 Å². The van der Waals surface area contributed by atoms with Crippen LogP contribution in [0, 0.1) is 0 Å². The van der Waals surface area contributed by atoms with Gasteiger partial charge in [0.05, 0.1) is 19.1 Å². The normalized spacial score (nSPS) is 27.7. The number of hydrogen-bond donors (Lipinski definition) is 2. The number of nitrogen functional groups attached to an aromatic ring is 1. The molecule has 1 aromatic carbocycles. The van der Waals surface area contributed by atoms with Gasteiger partial charge in [-0.3, -0.25) is 4.79 Å². The lowest BCUT2D eigenvalue weighted by molar-refractivity contribution is -0.137. The zero-order chi connectivity index (χ0) is 14.8. The van der Waals surface area contributed by atoms with Gasteiger partial charge < -0.3 is 20.5 Å². The van der Waals surface area contributed by atoms with E-state index in [0.717, 1.165) is 31.4 Å². The summed E-state index contributed by atoms with van der Waals surface area (Å²) < 4.78 is 5.58. The molecule has 0 spiro atoms. The lowest BCUT2D eigenvalue weighted by atomic mass is 9.99. The molecule has 2 bridgehead atoms. The van der Waals surface area contributed by atoms with Crippen molar-refractivity contribution >= 4 is 11.6 Å². The molecule has 3 rings (SSSR count). The van der Waals surface area contributed by atoms with Crippen molar-refractivity contribution in [2.45, 2.75) is 50.3 Å². The van der Waals surface area contributed by atoms with E-state index in [2.05, 4.69) is 0 Å². The molecular weight excluding hydrogens is 268 g/mol. The summed E-state index contributed by atoms with van der Waals surface area (Å²) >= 11 is 0. The van der Waals surface area contributed by atoms with E-state index < -0.39 is 0 Å². The van der Waals surface area contributed by atoms with Crippen LogP contribution in [0.5, 0.6) is 5.75 Å². The third-order valence-electron chi connectivity index (χ3n) is 4.46. The lowest BCUT2D eigenvalue weighted by Gasteiger charge is -2.37. The van der Waals surface area contributed by atoms with E-state index in [0.29, 0.717) is 18.7 Å². The average molecular weight is 290 g/mol. The summed E-state index contributed by atoms with van der Waals surface area (Å²) in [6, 6.07) is 7.62. The summed E-state index contributed by atoms with van der Waals surface area (Å²) in [5.74, 6) is 0.874. The molecule has 0 aliphatic carbocycles. The first-order valence-electron chi connectivity index (χ1n) is 7.61. The summed E-state index contributed by atoms with van der Waals surface area (Å²) in [4.78, 5) is 14.3. The highest BCUT2D eigenvalue weighted by Gasteiger charge is 2.42. The molecule has 5 nitrogen and oxygen atoms in total. The number of anilines is 1. The fourth-order valence-corrected chi connectivity index (χ4v) is 3.50. The van der Waals surface area contributed by atoms with Gasteiger partial charge in [0, 0.05) is 17.8 Å². The van der Waals surface area contributed by atoms with Crippen molar-refractivity contribution in [1.29, 1.82) is 0 Å². The molecule has 0 saturated carbocycles. The number of amides is 1. The number of hydrogen-bond acceptors (Lipinski definition) is 4. The number of rotatable bonds is 4. The predicted molar refractivity (Wildman–Crippen MR) is 79.9 cm³/mol. The van der Waals surface area contributed by atoms with Crippen molar-refractivity contribution in [1.82, 2.24) is 4.90 Å². The molecule has 2 fully saturated rings. The third-order valence-corrected chi connectivity index (χ3v) is 4.46. The number of piperidine rings is 1. The van der Waals surface area contributed by atoms with Crippen LogP contribution in [0.1, 0.15) is 32.1 Å². The summed E-state index contributed by atoms with van der Waals surface area (Å²) in [6.45, 7) is 0.376. The number of nitrogens with zero attached hydrogens (tertiary/aromatic N) is 1. The summed E-state index contributed by atoms with van der Waals surface area (Å²) in [6.07, 6.45) is 3.63. The Kier molecular flexibility index (Phi) is 4.01. The van der Waals surface area contributed by atoms with Crippen LogP contribution >= 0.6 is 0 Å². The van der Waals surface area contributed by atoms with Crippen LogP contribution in [-0.4, -0.2) is 40.7 Å². The Hall–Kier alpha value is -1.75. The number of nitrogens with two attached hydrogens (primary N) is 1. The first kappa shape index (κ1) is 14.2. The molecule has 0 radical (unpaired) electrons. The Labute approximate surface area is 124 Å². The molecule has 2 saturated heterocycles. The number of benzene rings is 1. The largest absolute Gasteiger partial charge is 0.493 e. The minimum Gasteiger partial charge on any atom is -0.493 e. The molecule has 5 heteroatoms. The number of aliphatic hydroxyl groups is 1. The number of ether oxygens (including phenoxy) is 1. The quantitative estimate of drug-likeness (QED) is 0.825. The number of aliphatic hydroxyl groups excluding tert-OH is 1. The van der Waals surface area contributed by atoms with Crippen molar-refractivity contribution in [2.24, 2.45) is 0 Å². The topological polar surface area (TPSA) is 75.8 Å². The molecule has 2 aliphatic rings. The molecule has 1 aromatic rings. The molecule has 2 unspecified atom stereocenters. The Morgan fingerprint density at radius 1 is 1.24 bits per heavy atom. The molecule has 2 aliphatic heterocycles. The van der Waals surface area contributed by atoms with Crippen molar-refractivity contribution in [3.8, 4) is 5.75 Å². The van der Waals surface area contributed by atoms with Gasteiger partial charge in [-0.2, -0.15) is 0 Å². The monoisotopic (exact) mass is 290 g/mol. The van der Waals surface area contributed by atoms with E-state index in [-0.39, 0.29) is 24.1 Å². The zero-order valence-electron chi connectivity index (χ0n) is 12.1. The molecule has 1 amide bonds. The lowest BCUT2D eigenvalue weighted by Crippen LogP contribution is -2.48. The van der Waals surface area contributed by atoms with E-state index in [1.807, 2.05) is 4.90 Å². The number of carbonyl (C=O) groups is 1. The minimum atomic E-state index is -0.238. The maximum Gasteiger partial charge on any atom is 0.226 e. The van der Waals surface area contributed by atoms with Gasteiger partial charge in [-0.1, -0.05) is 0 Å². The minimum absolute atomic E-state index is 0.143. The fraction of sp³-hybridized carbons (Fsp3) is 0.562. The first-order valence-corrected chi connectivity index (χ1v) is 7.61. The van der Waals surface area contributed by atoms with Crippen LogP contribution < -0.4 is 10.5 Å². The van der Waals surface area contributed by atoms with Crippen LogP contribution in [0.15, 0.2) is 24.3 Å². The second-order valence-corrected chi connectivity index (χ2v) is 5.98. The van der Waals surface area contributed by atoms with Gasteiger partial charge in [0.2, 0.25) is 5.91 Å². The van der Waals surface area contributed by atoms with E-state index in [1.165, 1.54) is 0 Å². The summed E-state index contributed by atoms with van der Waals surface area (Å²) in [5, 5.41) is 9.76. The van der Waals surface area contributed by atoms with Crippen molar-refractivity contribution in [3.05, 3.63) is 24.3 Å². The third kappa shape index (κ3) is 3.13. The Balaban J connectivity index is 1.49. The maximum absolute atomic E-state index is 12.4. The van der Waals surface area contributed by atoms with Gasteiger partial charge in [0.25, 0.3) is 0 Å². The van der Waals surface area contributed by atoms with Gasteiger partial charge in [0.1, 0.15) is 5.75 Å². The van der Waals surface area contributed by atoms with E-state index in [9.17, 15) is 9.90 Å². The summed E-state index contributed by atoms with van der Waals surface area (Å²) in [5.41, 5.74) is 6.31. The second-order valence-electron chi connectivity index (χ2n) is 5.98. The van der Waals surface area contributed by atoms with Crippen LogP contribution in [-0.2, 0) is 4.79 Å².